The Morgan fingerprint density at radius 2 is 1.92 bits per heavy atom. The van der Waals surface area contributed by atoms with Crippen LogP contribution in [-0.2, 0) is 10.0 Å². The van der Waals surface area contributed by atoms with Gasteiger partial charge in [-0.2, -0.15) is 4.31 Å². The lowest BCUT2D eigenvalue weighted by Gasteiger charge is -2.33. The molecule has 0 radical (unpaired) electrons. The number of carbonyl (C=O) groups excluding carboxylic acids is 1. The van der Waals surface area contributed by atoms with Crippen LogP contribution in [0.15, 0.2) is 27.2 Å². The molecule has 26 heavy (non-hydrogen) atoms. The highest BCUT2D eigenvalue weighted by atomic mass is 35.5. The first-order valence-corrected chi connectivity index (χ1v) is 10.3. The summed E-state index contributed by atoms with van der Waals surface area (Å²) in [5.41, 5.74) is 0.146. The van der Waals surface area contributed by atoms with Crippen LogP contribution in [0.25, 0.3) is 0 Å². The van der Waals surface area contributed by atoms with Crippen LogP contribution in [0.5, 0.6) is 0 Å². The van der Waals surface area contributed by atoms with E-state index in [9.17, 15) is 22.4 Å². The zero-order valence-electron chi connectivity index (χ0n) is 13.7. The third kappa shape index (κ3) is 3.54. The maximum absolute atomic E-state index is 13.9. The molecule has 0 unspecified atom stereocenters. The standard InChI is InChI=1S/C15H15ClFN3O4S2/c1-9-14(25-15(22)18-9)26(23,24)20-6-4-19(5-7-20)13(21)11-8-10(16)2-3-12(11)17/h2-3,8H,4-7H2,1H3,(H,18,22). The van der Waals surface area contributed by atoms with Crippen molar-refractivity contribution in [3.63, 3.8) is 0 Å². The zero-order valence-corrected chi connectivity index (χ0v) is 16.0. The molecule has 0 bridgehead atoms. The van der Waals surface area contributed by atoms with E-state index < -0.39 is 26.6 Å². The molecule has 0 spiro atoms. The summed E-state index contributed by atoms with van der Waals surface area (Å²) in [7, 11) is -3.81. The van der Waals surface area contributed by atoms with E-state index >= 15 is 0 Å². The molecule has 2 heterocycles. The van der Waals surface area contributed by atoms with Gasteiger partial charge in [0.2, 0.25) is 0 Å². The van der Waals surface area contributed by atoms with Gasteiger partial charge in [-0.3, -0.25) is 9.59 Å². The second kappa shape index (κ2) is 7.10. The van der Waals surface area contributed by atoms with E-state index in [1.165, 1.54) is 28.3 Å². The lowest BCUT2D eigenvalue weighted by molar-refractivity contribution is 0.0693. The molecule has 1 aliphatic rings. The Balaban J connectivity index is 1.75. The fraction of sp³-hybridized carbons (Fsp3) is 0.333. The average molecular weight is 420 g/mol. The molecule has 1 amide bonds. The Kier molecular flexibility index (Phi) is 5.20. The van der Waals surface area contributed by atoms with Crippen LogP contribution in [0.4, 0.5) is 4.39 Å². The van der Waals surface area contributed by atoms with Gasteiger partial charge < -0.3 is 9.88 Å². The number of aromatic amines is 1. The first-order chi connectivity index (χ1) is 12.2. The summed E-state index contributed by atoms with van der Waals surface area (Å²) < 4.78 is 40.4. The number of benzene rings is 1. The fourth-order valence-electron chi connectivity index (χ4n) is 2.72. The minimum Gasteiger partial charge on any atom is -0.336 e. The highest BCUT2D eigenvalue weighted by Gasteiger charge is 2.33. The van der Waals surface area contributed by atoms with Gasteiger partial charge in [-0.05, 0) is 25.1 Å². The van der Waals surface area contributed by atoms with Crippen molar-refractivity contribution >= 4 is 38.9 Å². The van der Waals surface area contributed by atoms with Gasteiger partial charge >= 0.3 is 4.87 Å². The average Bonchev–Trinajstić information content (AvgIpc) is 2.95. The summed E-state index contributed by atoms with van der Waals surface area (Å²) in [6.07, 6.45) is 0. The Morgan fingerprint density at radius 1 is 1.27 bits per heavy atom. The third-order valence-corrected chi connectivity index (χ3v) is 7.76. The largest absolute Gasteiger partial charge is 0.336 e. The number of rotatable bonds is 3. The summed E-state index contributed by atoms with van der Waals surface area (Å²) in [5.74, 6) is -1.22. The number of aromatic nitrogens is 1. The highest BCUT2D eigenvalue weighted by molar-refractivity contribution is 7.91. The first-order valence-electron chi connectivity index (χ1n) is 7.64. The lowest BCUT2D eigenvalue weighted by Crippen LogP contribution is -2.50. The molecule has 0 saturated carbocycles. The summed E-state index contributed by atoms with van der Waals surface area (Å²) in [6, 6.07) is 3.72. The van der Waals surface area contributed by atoms with E-state index in [2.05, 4.69) is 4.98 Å². The molecule has 1 aromatic heterocycles. The highest BCUT2D eigenvalue weighted by Crippen LogP contribution is 2.23. The Hall–Kier alpha value is -1.75. The van der Waals surface area contributed by atoms with Crippen molar-refractivity contribution in [3.05, 3.63) is 50.0 Å². The summed E-state index contributed by atoms with van der Waals surface area (Å²) in [6.45, 7) is 1.86. The van der Waals surface area contributed by atoms with E-state index in [4.69, 9.17) is 11.6 Å². The van der Waals surface area contributed by atoms with Crippen molar-refractivity contribution in [1.29, 1.82) is 0 Å². The second-order valence-corrected chi connectivity index (χ2v) is 9.30. The van der Waals surface area contributed by atoms with Crippen LogP contribution >= 0.6 is 22.9 Å². The van der Waals surface area contributed by atoms with Gasteiger partial charge in [0.1, 0.15) is 5.82 Å². The number of amides is 1. The Labute approximate surface area is 158 Å². The van der Waals surface area contributed by atoms with E-state index in [0.717, 1.165) is 6.07 Å². The van der Waals surface area contributed by atoms with Gasteiger partial charge in [-0.25, -0.2) is 12.8 Å². The zero-order chi connectivity index (χ0) is 19.1. The molecule has 1 aromatic carbocycles. The number of carbonyl (C=O) groups is 1. The van der Waals surface area contributed by atoms with Crippen molar-refractivity contribution in [2.45, 2.75) is 11.1 Å². The van der Waals surface area contributed by atoms with Crippen molar-refractivity contribution in [2.24, 2.45) is 0 Å². The summed E-state index contributed by atoms with van der Waals surface area (Å²) in [5, 5.41) is 0.244. The second-order valence-electron chi connectivity index (χ2n) is 5.75. The predicted molar refractivity (Wildman–Crippen MR) is 95.7 cm³/mol. The molecule has 2 aromatic rings. The summed E-state index contributed by atoms with van der Waals surface area (Å²) >= 11 is 6.45. The smallest absolute Gasteiger partial charge is 0.305 e. The van der Waals surface area contributed by atoms with Crippen molar-refractivity contribution < 1.29 is 17.6 Å². The number of sulfonamides is 1. The van der Waals surface area contributed by atoms with Gasteiger partial charge in [-0.1, -0.05) is 22.9 Å². The van der Waals surface area contributed by atoms with Crippen molar-refractivity contribution in [2.75, 3.05) is 26.2 Å². The minimum absolute atomic E-state index is 0.0248. The van der Waals surface area contributed by atoms with Gasteiger partial charge in [0.15, 0.2) is 4.21 Å². The maximum Gasteiger partial charge on any atom is 0.305 e. The van der Waals surface area contributed by atoms with Gasteiger partial charge in [0, 0.05) is 36.9 Å². The molecule has 11 heteroatoms. The van der Waals surface area contributed by atoms with Crippen LogP contribution in [0.2, 0.25) is 5.02 Å². The number of thiazole rings is 1. The van der Waals surface area contributed by atoms with Crippen LogP contribution in [0.3, 0.4) is 0 Å². The van der Waals surface area contributed by atoms with Crippen molar-refractivity contribution in [1.82, 2.24) is 14.2 Å². The molecule has 1 fully saturated rings. The normalized spacial score (nSPS) is 16.0. The van der Waals surface area contributed by atoms with E-state index in [1.807, 2.05) is 0 Å². The first kappa shape index (κ1) is 19.0. The van der Waals surface area contributed by atoms with Crippen LogP contribution in [0.1, 0.15) is 16.1 Å². The van der Waals surface area contributed by atoms with E-state index in [-0.39, 0.29) is 41.0 Å². The molecular formula is C15H15ClFN3O4S2. The molecule has 7 nitrogen and oxygen atoms in total. The van der Waals surface area contributed by atoms with Crippen molar-refractivity contribution in [3.8, 4) is 0 Å². The van der Waals surface area contributed by atoms with Gasteiger partial charge in [-0.15, -0.1) is 0 Å². The monoisotopic (exact) mass is 419 g/mol. The molecule has 1 aliphatic heterocycles. The number of halogens is 2. The SMILES string of the molecule is Cc1[nH]c(=O)sc1S(=O)(=O)N1CCN(C(=O)c2cc(Cl)ccc2F)CC1. The molecule has 3 rings (SSSR count). The predicted octanol–water partition coefficient (Wildman–Crippen LogP) is 1.68. The van der Waals surface area contributed by atoms with Crippen LogP contribution < -0.4 is 4.87 Å². The van der Waals surface area contributed by atoms with Gasteiger partial charge in [0.05, 0.1) is 5.56 Å². The molecule has 1 N–H and O–H groups in total. The number of nitrogens with zero attached hydrogens (tertiary/aromatic N) is 2. The fourth-order valence-corrected chi connectivity index (χ4v) is 5.75. The Bertz CT molecular complexity index is 1010. The van der Waals surface area contributed by atoms with Gasteiger partial charge in [0.25, 0.3) is 15.9 Å². The number of H-pyrrole nitrogens is 1. The molecule has 140 valence electrons. The molecule has 0 atom stereocenters. The molecule has 1 saturated heterocycles. The number of piperazine rings is 1. The van der Waals surface area contributed by atoms with E-state index in [1.54, 1.807) is 0 Å². The topological polar surface area (TPSA) is 90.5 Å². The molecular weight excluding hydrogens is 405 g/mol. The minimum atomic E-state index is -3.81. The maximum atomic E-state index is 13.9. The summed E-state index contributed by atoms with van der Waals surface area (Å²) in [4.78, 5) is 27.2. The number of nitrogens with one attached hydrogen (secondary N) is 1. The quantitative estimate of drug-likeness (QED) is 0.819. The molecule has 0 aliphatic carbocycles. The number of aryl methyl sites for hydroxylation is 1. The van der Waals surface area contributed by atoms with Crippen LogP contribution in [0, 0.1) is 12.7 Å². The van der Waals surface area contributed by atoms with E-state index in [0.29, 0.717) is 17.0 Å². The Morgan fingerprint density at radius 3 is 2.50 bits per heavy atom. The lowest BCUT2D eigenvalue weighted by atomic mass is 10.1. The number of hydrogen-bond acceptors (Lipinski definition) is 5. The third-order valence-electron chi connectivity index (χ3n) is 4.04. The number of hydrogen-bond donors (Lipinski definition) is 1. The van der Waals surface area contributed by atoms with Crippen LogP contribution in [-0.4, -0.2) is 54.7 Å².